The first kappa shape index (κ1) is 19.6. The van der Waals surface area contributed by atoms with E-state index >= 15 is 0 Å². The van der Waals surface area contributed by atoms with E-state index in [-0.39, 0.29) is 0 Å². The molecule has 0 atom stereocenters. The van der Waals surface area contributed by atoms with Gasteiger partial charge >= 0.3 is 0 Å². The number of benzene rings is 2. The molecule has 7 rings (SSSR count). The topological polar surface area (TPSA) is 71.3 Å². The summed E-state index contributed by atoms with van der Waals surface area (Å²) in [7, 11) is 1.62. The zero-order valence-electron chi connectivity index (χ0n) is 18.8. The second kappa shape index (κ2) is 7.08. The number of anilines is 1. The van der Waals surface area contributed by atoms with E-state index in [0.717, 1.165) is 56.4 Å². The maximum Gasteiger partial charge on any atom is 0.225 e. The molecule has 7 nitrogen and oxygen atoms in total. The number of halogens is 1. The summed E-state index contributed by atoms with van der Waals surface area (Å²) in [6.07, 6.45) is 6.20. The second-order valence-electron chi connectivity index (χ2n) is 8.80. The van der Waals surface area contributed by atoms with Gasteiger partial charge in [-0.2, -0.15) is 5.10 Å². The Kier molecular flexibility index (Phi) is 4.08. The van der Waals surface area contributed by atoms with Gasteiger partial charge in [0.25, 0.3) is 0 Å². The van der Waals surface area contributed by atoms with Crippen molar-refractivity contribution < 1.29 is 4.74 Å². The van der Waals surface area contributed by atoms with Crippen LogP contribution < -0.4 is 9.64 Å². The Morgan fingerprint density at radius 2 is 1.91 bits per heavy atom. The molecule has 34 heavy (non-hydrogen) atoms. The van der Waals surface area contributed by atoms with Crippen LogP contribution in [0.15, 0.2) is 48.9 Å². The lowest BCUT2D eigenvalue weighted by molar-refractivity contribution is 0.410. The van der Waals surface area contributed by atoms with Gasteiger partial charge in [0.2, 0.25) is 5.95 Å². The average molecular weight is 469 g/mol. The number of methoxy groups -OCH3 is 1. The highest BCUT2D eigenvalue weighted by Crippen LogP contribution is 2.41. The standard InChI is InChI=1S/C26H21ClN6O/c1-14-4-3-5-16-18-10-20(27)23-17(6-8-28-23)22(18)25-19-13-32(26-29-11-15(34-2)12-30-26)9-7-21(19)31-33(25)24(14)16/h3-6,8,10-12,28H,7,9,13H2,1-2H3. The molecule has 0 fully saturated rings. The van der Waals surface area contributed by atoms with Crippen molar-refractivity contribution in [3.8, 4) is 5.75 Å². The Balaban J connectivity index is 1.57. The summed E-state index contributed by atoms with van der Waals surface area (Å²) in [6.45, 7) is 3.64. The lowest BCUT2D eigenvalue weighted by atomic mass is 9.97. The molecule has 0 saturated heterocycles. The Bertz CT molecular complexity index is 1750. The lowest BCUT2D eigenvalue weighted by Gasteiger charge is -2.26. The summed E-state index contributed by atoms with van der Waals surface area (Å²) in [5, 5.41) is 10.4. The third-order valence-electron chi connectivity index (χ3n) is 6.94. The SMILES string of the molecule is COc1cnc(N2CCc3nn4c5c(C)cccc5c5cc(Cl)c6[nH]ccc6c5c4c3C2)nc1. The van der Waals surface area contributed by atoms with E-state index in [2.05, 4.69) is 61.6 Å². The van der Waals surface area contributed by atoms with Gasteiger partial charge in [-0.05, 0) is 30.0 Å². The number of aromatic amines is 1. The maximum absolute atomic E-state index is 6.73. The van der Waals surface area contributed by atoms with Crippen molar-refractivity contribution in [3.63, 3.8) is 0 Å². The largest absolute Gasteiger partial charge is 0.494 e. The number of aryl methyl sites for hydroxylation is 1. The van der Waals surface area contributed by atoms with Crippen LogP contribution in [0.4, 0.5) is 5.95 Å². The molecule has 0 radical (unpaired) electrons. The zero-order chi connectivity index (χ0) is 23.0. The molecule has 0 saturated carbocycles. The van der Waals surface area contributed by atoms with E-state index in [9.17, 15) is 0 Å². The van der Waals surface area contributed by atoms with Gasteiger partial charge in [-0.3, -0.25) is 0 Å². The number of nitrogens with one attached hydrogen (secondary N) is 1. The number of hydrogen-bond acceptors (Lipinski definition) is 5. The Hall–Kier alpha value is -3.84. The number of rotatable bonds is 2. The summed E-state index contributed by atoms with van der Waals surface area (Å²) in [5.74, 6) is 1.35. The second-order valence-corrected chi connectivity index (χ2v) is 9.21. The van der Waals surface area contributed by atoms with Crippen LogP contribution in [-0.2, 0) is 13.0 Å². The number of para-hydroxylation sites is 1. The number of ether oxygens (including phenoxy) is 1. The summed E-state index contributed by atoms with van der Waals surface area (Å²) in [4.78, 5) is 14.6. The Morgan fingerprint density at radius 1 is 1.06 bits per heavy atom. The van der Waals surface area contributed by atoms with Crippen LogP contribution in [0.3, 0.4) is 0 Å². The summed E-state index contributed by atoms with van der Waals surface area (Å²) in [5.41, 5.74) is 6.73. The van der Waals surface area contributed by atoms with Crippen LogP contribution in [0.1, 0.15) is 16.8 Å². The molecule has 0 bridgehead atoms. The van der Waals surface area contributed by atoms with Crippen molar-refractivity contribution in [2.75, 3.05) is 18.6 Å². The number of aromatic nitrogens is 5. The minimum Gasteiger partial charge on any atom is -0.494 e. The van der Waals surface area contributed by atoms with Crippen molar-refractivity contribution in [1.82, 2.24) is 24.6 Å². The van der Waals surface area contributed by atoms with Gasteiger partial charge < -0.3 is 14.6 Å². The van der Waals surface area contributed by atoms with E-state index < -0.39 is 0 Å². The van der Waals surface area contributed by atoms with Crippen LogP contribution in [0, 0.1) is 6.92 Å². The van der Waals surface area contributed by atoms with Gasteiger partial charge in [0.1, 0.15) is 0 Å². The normalized spacial score (nSPS) is 13.9. The highest BCUT2D eigenvalue weighted by molar-refractivity contribution is 6.39. The number of hydrogen-bond donors (Lipinski definition) is 1. The number of nitrogens with zero attached hydrogens (tertiary/aromatic N) is 5. The molecule has 1 N–H and O–H groups in total. The molecule has 168 valence electrons. The molecule has 5 heterocycles. The summed E-state index contributed by atoms with van der Waals surface area (Å²) < 4.78 is 7.38. The fraction of sp³-hybridized carbons (Fsp3) is 0.192. The van der Waals surface area contributed by atoms with Gasteiger partial charge in [-0.15, -0.1) is 0 Å². The van der Waals surface area contributed by atoms with Crippen molar-refractivity contribution >= 4 is 55.6 Å². The monoisotopic (exact) mass is 468 g/mol. The molecule has 0 spiro atoms. The minimum atomic E-state index is 0.650. The van der Waals surface area contributed by atoms with E-state index in [1.807, 2.05) is 6.20 Å². The van der Waals surface area contributed by atoms with Crippen LogP contribution >= 0.6 is 11.6 Å². The summed E-state index contributed by atoms with van der Waals surface area (Å²) >= 11 is 6.73. The van der Waals surface area contributed by atoms with Gasteiger partial charge in [-0.1, -0.05) is 29.8 Å². The molecule has 0 amide bonds. The van der Waals surface area contributed by atoms with E-state index in [4.69, 9.17) is 21.4 Å². The highest BCUT2D eigenvalue weighted by atomic mass is 35.5. The van der Waals surface area contributed by atoms with Crippen LogP contribution in [0.2, 0.25) is 5.02 Å². The predicted molar refractivity (Wildman–Crippen MR) is 135 cm³/mol. The van der Waals surface area contributed by atoms with Crippen LogP contribution in [0.25, 0.3) is 38.1 Å². The lowest BCUT2D eigenvalue weighted by Crippen LogP contribution is -2.31. The average Bonchev–Trinajstić information content (AvgIpc) is 3.50. The molecule has 0 aliphatic carbocycles. The smallest absolute Gasteiger partial charge is 0.225 e. The molecule has 1 aliphatic rings. The minimum absolute atomic E-state index is 0.650. The van der Waals surface area contributed by atoms with E-state index in [0.29, 0.717) is 18.2 Å². The predicted octanol–water partition coefficient (Wildman–Crippen LogP) is 5.45. The molecule has 0 unspecified atom stereocenters. The van der Waals surface area contributed by atoms with Crippen molar-refractivity contribution in [3.05, 3.63) is 70.8 Å². The third-order valence-corrected chi connectivity index (χ3v) is 7.24. The van der Waals surface area contributed by atoms with Gasteiger partial charge in [0, 0.05) is 47.4 Å². The van der Waals surface area contributed by atoms with Crippen LogP contribution in [-0.4, -0.2) is 38.2 Å². The van der Waals surface area contributed by atoms with E-state index in [1.165, 1.54) is 16.5 Å². The first-order valence-electron chi connectivity index (χ1n) is 11.3. The summed E-state index contributed by atoms with van der Waals surface area (Å²) in [6, 6.07) is 10.6. The quantitative estimate of drug-likeness (QED) is 0.342. The van der Waals surface area contributed by atoms with Crippen LogP contribution in [0.5, 0.6) is 5.75 Å². The Labute approximate surface area is 199 Å². The fourth-order valence-electron chi connectivity index (χ4n) is 5.36. The molecule has 4 aromatic heterocycles. The first-order valence-corrected chi connectivity index (χ1v) is 11.6. The molecule has 8 heteroatoms. The molecular formula is C26H21ClN6O. The molecule has 1 aliphatic heterocycles. The highest BCUT2D eigenvalue weighted by Gasteiger charge is 2.27. The van der Waals surface area contributed by atoms with Crippen molar-refractivity contribution in [1.29, 1.82) is 0 Å². The van der Waals surface area contributed by atoms with Gasteiger partial charge in [0.15, 0.2) is 5.75 Å². The maximum atomic E-state index is 6.73. The zero-order valence-corrected chi connectivity index (χ0v) is 19.5. The Morgan fingerprint density at radius 3 is 2.74 bits per heavy atom. The third kappa shape index (κ3) is 2.61. The molecular weight excluding hydrogens is 448 g/mol. The van der Waals surface area contributed by atoms with Crippen molar-refractivity contribution in [2.45, 2.75) is 19.9 Å². The first-order chi connectivity index (χ1) is 16.6. The number of H-pyrrole nitrogens is 1. The number of fused-ring (bicyclic) bond motifs is 10. The van der Waals surface area contributed by atoms with Crippen molar-refractivity contribution in [2.24, 2.45) is 0 Å². The van der Waals surface area contributed by atoms with Gasteiger partial charge in [0.05, 0.1) is 46.8 Å². The van der Waals surface area contributed by atoms with E-state index in [1.54, 1.807) is 19.5 Å². The number of pyridine rings is 1. The fourth-order valence-corrected chi connectivity index (χ4v) is 5.62. The molecule has 6 aromatic rings. The molecule has 2 aromatic carbocycles. The van der Waals surface area contributed by atoms with Gasteiger partial charge in [-0.25, -0.2) is 14.5 Å².